The normalized spacial score (nSPS) is 14.9. The van der Waals surface area contributed by atoms with Crippen LogP contribution in [0.1, 0.15) is 5.56 Å². The number of para-hydroxylation sites is 3. The van der Waals surface area contributed by atoms with Crippen molar-refractivity contribution in [1.82, 2.24) is 19.8 Å². The van der Waals surface area contributed by atoms with Crippen molar-refractivity contribution in [1.29, 1.82) is 0 Å². The molecule has 0 aliphatic carbocycles. The van der Waals surface area contributed by atoms with Crippen molar-refractivity contribution in [3.63, 3.8) is 0 Å². The van der Waals surface area contributed by atoms with Gasteiger partial charge in [0, 0.05) is 52.2 Å². The second kappa shape index (κ2) is 8.68. The van der Waals surface area contributed by atoms with Crippen LogP contribution >= 0.6 is 0 Å². The molecule has 3 aromatic rings. The molecule has 4 rings (SSSR count). The highest BCUT2D eigenvalue weighted by Crippen LogP contribution is 2.27. The van der Waals surface area contributed by atoms with E-state index in [0.717, 1.165) is 43.5 Å². The molecule has 1 saturated heterocycles. The molecule has 0 spiro atoms. The summed E-state index contributed by atoms with van der Waals surface area (Å²) in [6.07, 6.45) is 5.55. The minimum absolute atomic E-state index is 0.333. The van der Waals surface area contributed by atoms with Crippen molar-refractivity contribution in [2.45, 2.75) is 6.54 Å². The number of phenolic OH excluding ortho intramolecular Hbond substituents is 1. The van der Waals surface area contributed by atoms with Gasteiger partial charge in [-0.1, -0.05) is 30.3 Å². The van der Waals surface area contributed by atoms with Gasteiger partial charge in [0.05, 0.1) is 17.7 Å². The minimum atomic E-state index is 0.333. The number of nitrogens with zero attached hydrogens (tertiary/aromatic N) is 5. The van der Waals surface area contributed by atoms with E-state index in [2.05, 4.69) is 37.2 Å². The van der Waals surface area contributed by atoms with E-state index in [-0.39, 0.29) is 0 Å². The average Bonchev–Trinajstić information content (AvgIpc) is 3.30. The summed E-state index contributed by atoms with van der Waals surface area (Å²) in [4.78, 5) is 13.1. The Morgan fingerprint density at radius 2 is 1.76 bits per heavy atom. The number of aromatic nitrogens is 2. The van der Waals surface area contributed by atoms with Gasteiger partial charge in [0.1, 0.15) is 5.75 Å². The third-order valence-corrected chi connectivity index (χ3v) is 5.22. The summed E-state index contributed by atoms with van der Waals surface area (Å²) >= 11 is 0. The lowest BCUT2D eigenvalue weighted by atomic mass is 10.1. The smallest absolute Gasteiger partial charge is 0.194 e. The van der Waals surface area contributed by atoms with Crippen LogP contribution in [0.5, 0.6) is 5.75 Å². The topological polar surface area (TPSA) is 68.9 Å². The fourth-order valence-corrected chi connectivity index (χ4v) is 3.71. The van der Waals surface area contributed by atoms with Crippen molar-refractivity contribution in [3.8, 4) is 11.4 Å². The molecule has 0 unspecified atom stereocenters. The first-order valence-electron chi connectivity index (χ1n) is 9.81. The maximum absolute atomic E-state index is 10.1. The molecule has 1 aliphatic heterocycles. The van der Waals surface area contributed by atoms with Crippen LogP contribution in [-0.2, 0) is 6.54 Å². The van der Waals surface area contributed by atoms with Gasteiger partial charge in [-0.25, -0.2) is 4.98 Å². The molecular weight excluding hydrogens is 364 g/mol. The highest BCUT2D eigenvalue weighted by Gasteiger charge is 2.21. The highest BCUT2D eigenvalue weighted by molar-refractivity contribution is 5.80. The summed E-state index contributed by atoms with van der Waals surface area (Å²) in [5.41, 5.74) is 3.18. The Morgan fingerprint density at radius 1 is 1.03 bits per heavy atom. The van der Waals surface area contributed by atoms with E-state index in [0.29, 0.717) is 12.3 Å². The molecule has 1 aromatic heterocycles. The Labute approximate surface area is 170 Å². The number of imidazole rings is 1. The number of piperazine rings is 1. The number of anilines is 1. The van der Waals surface area contributed by atoms with E-state index < -0.39 is 0 Å². The van der Waals surface area contributed by atoms with Gasteiger partial charge in [0.25, 0.3) is 0 Å². The number of nitrogens with one attached hydrogen (secondary N) is 1. The second-order valence-corrected chi connectivity index (χ2v) is 6.96. The number of rotatable bonds is 4. The number of guanidine groups is 1. The number of phenols is 1. The van der Waals surface area contributed by atoms with E-state index in [1.165, 1.54) is 5.56 Å². The molecule has 29 heavy (non-hydrogen) atoms. The van der Waals surface area contributed by atoms with Crippen LogP contribution in [0, 0.1) is 0 Å². The Hall–Kier alpha value is -3.48. The molecule has 0 saturated carbocycles. The molecule has 2 aromatic carbocycles. The zero-order chi connectivity index (χ0) is 20.1. The Balaban J connectivity index is 1.39. The molecule has 0 bridgehead atoms. The number of hydrogen-bond donors (Lipinski definition) is 2. The lowest BCUT2D eigenvalue weighted by Gasteiger charge is -2.37. The van der Waals surface area contributed by atoms with Crippen LogP contribution in [0.4, 0.5) is 5.69 Å². The molecule has 1 fully saturated rings. The minimum Gasteiger partial charge on any atom is -0.506 e. The van der Waals surface area contributed by atoms with Crippen LogP contribution in [-0.4, -0.2) is 58.7 Å². The fourth-order valence-electron chi connectivity index (χ4n) is 3.71. The lowest BCUT2D eigenvalue weighted by molar-refractivity contribution is 0.369. The first-order chi connectivity index (χ1) is 14.3. The van der Waals surface area contributed by atoms with Gasteiger partial charge in [-0.3, -0.25) is 4.99 Å². The van der Waals surface area contributed by atoms with Crippen LogP contribution < -0.4 is 10.2 Å². The predicted molar refractivity (Wildman–Crippen MR) is 116 cm³/mol. The largest absolute Gasteiger partial charge is 0.506 e. The third-order valence-electron chi connectivity index (χ3n) is 5.22. The Kier molecular flexibility index (Phi) is 5.65. The zero-order valence-electron chi connectivity index (χ0n) is 16.6. The van der Waals surface area contributed by atoms with E-state index in [9.17, 15) is 5.11 Å². The van der Waals surface area contributed by atoms with Gasteiger partial charge in [-0.15, -0.1) is 0 Å². The van der Waals surface area contributed by atoms with Gasteiger partial charge in [-0.2, -0.15) is 0 Å². The van der Waals surface area contributed by atoms with Crippen molar-refractivity contribution < 1.29 is 5.11 Å². The molecule has 2 N–H and O–H groups in total. The predicted octanol–water partition coefficient (Wildman–Crippen LogP) is 2.48. The number of hydrogen-bond acceptors (Lipinski definition) is 4. The second-order valence-electron chi connectivity index (χ2n) is 6.96. The lowest BCUT2D eigenvalue weighted by Crippen LogP contribution is -2.52. The van der Waals surface area contributed by atoms with Crippen molar-refractivity contribution in [3.05, 3.63) is 72.8 Å². The maximum atomic E-state index is 10.1. The molecular formula is C22H26N6O. The van der Waals surface area contributed by atoms with E-state index in [1.54, 1.807) is 12.3 Å². The van der Waals surface area contributed by atoms with Crippen LogP contribution in [0.25, 0.3) is 5.69 Å². The fraction of sp³-hybridized carbons (Fsp3) is 0.273. The monoisotopic (exact) mass is 390 g/mol. The van der Waals surface area contributed by atoms with Gasteiger partial charge in [-0.05, 0) is 23.8 Å². The van der Waals surface area contributed by atoms with Gasteiger partial charge in [0.2, 0.25) is 0 Å². The van der Waals surface area contributed by atoms with Gasteiger partial charge < -0.3 is 24.8 Å². The molecule has 0 amide bonds. The van der Waals surface area contributed by atoms with E-state index >= 15 is 0 Å². The summed E-state index contributed by atoms with van der Waals surface area (Å²) in [7, 11) is 1.82. The molecule has 7 heteroatoms. The molecule has 1 aliphatic rings. The van der Waals surface area contributed by atoms with Crippen molar-refractivity contribution in [2.24, 2.45) is 4.99 Å². The molecule has 0 atom stereocenters. The summed E-state index contributed by atoms with van der Waals surface area (Å²) < 4.78 is 2.02. The van der Waals surface area contributed by atoms with Gasteiger partial charge >= 0.3 is 0 Å². The first-order valence-corrected chi connectivity index (χ1v) is 9.81. The van der Waals surface area contributed by atoms with Gasteiger partial charge in [0.15, 0.2) is 5.96 Å². The number of aliphatic imine (C=N–C) groups is 1. The van der Waals surface area contributed by atoms with E-state index in [1.807, 2.05) is 54.5 Å². The van der Waals surface area contributed by atoms with Crippen LogP contribution in [0.2, 0.25) is 0 Å². The Morgan fingerprint density at radius 3 is 2.45 bits per heavy atom. The SMILES string of the molecule is CN=C(NCc1ccccc1-n1ccnc1)N1CCN(c2ccccc2O)CC1. The molecule has 7 nitrogen and oxygen atoms in total. The van der Waals surface area contributed by atoms with E-state index in [4.69, 9.17) is 0 Å². The van der Waals surface area contributed by atoms with Crippen molar-refractivity contribution >= 4 is 11.6 Å². The molecule has 0 radical (unpaired) electrons. The number of aromatic hydroxyl groups is 1. The van der Waals surface area contributed by atoms with Crippen molar-refractivity contribution in [2.75, 3.05) is 38.1 Å². The summed E-state index contributed by atoms with van der Waals surface area (Å²) in [6.45, 7) is 4.04. The molecule has 150 valence electrons. The zero-order valence-corrected chi connectivity index (χ0v) is 16.6. The first kappa shape index (κ1) is 18.9. The highest BCUT2D eigenvalue weighted by atomic mass is 16.3. The summed E-state index contributed by atoms with van der Waals surface area (Å²) in [6, 6.07) is 15.8. The summed E-state index contributed by atoms with van der Waals surface area (Å²) in [5.74, 6) is 1.22. The van der Waals surface area contributed by atoms with Crippen LogP contribution in [0.3, 0.4) is 0 Å². The molecule has 2 heterocycles. The average molecular weight is 390 g/mol. The third kappa shape index (κ3) is 4.18. The van der Waals surface area contributed by atoms with Crippen LogP contribution in [0.15, 0.2) is 72.2 Å². The number of benzene rings is 2. The standard InChI is InChI=1S/C22H26N6O/c1-23-22(25-16-18-6-2-3-7-19(18)28-11-10-24-17-28)27-14-12-26(13-15-27)20-8-4-5-9-21(20)29/h2-11,17,29H,12-16H2,1H3,(H,23,25). The Bertz CT molecular complexity index is 961. The summed E-state index contributed by atoms with van der Waals surface area (Å²) in [5, 5.41) is 13.6. The maximum Gasteiger partial charge on any atom is 0.194 e. The quantitative estimate of drug-likeness (QED) is 0.529.